The maximum atomic E-state index is 13.5. The maximum Gasteiger partial charge on any atom is 0.311 e. The van der Waals surface area contributed by atoms with Crippen LogP contribution in [0.2, 0.25) is 0 Å². The lowest BCUT2D eigenvalue weighted by Crippen LogP contribution is -2.38. The predicted molar refractivity (Wildman–Crippen MR) is 391 cm³/mol. The lowest BCUT2D eigenvalue weighted by Gasteiger charge is -2.38. The molecule has 8 rings (SSSR count). The third kappa shape index (κ3) is 25.4. The van der Waals surface area contributed by atoms with Crippen molar-refractivity contribution in [3.05, 3.63) is 109 Å². The van der Waals surface area contributed by atoms with Crippen LogP contribution in [0, 0.1) is 58.7 Å². The number of carbonyl (C=O) groups is 1. The Morgan fingerprint density at radius 2 is 1.14 bits per heavy atom. The number of aliphatic hydroxyl groups is 2. The molecule has 6 saturated heterocycles. The van der Waals surface area contributed by atoms with Crippen molar-refractivity contribution in [1.82, 2.24) is 0 Å². The van der Waals surface area contributed by atoms with E-state index in [1.54, 1.807) is 48.5 Å². The van der Waals surface area contributed by atoms with Gasteiger partial charge < -0.3 is 43.4 Å². The highest BCUT2D eigenvalue weighted by Crippen LogP contribution is 2.45. The third-order valence-corrected chi connectivity index (χ3v) is 25.9. The summed E-state index contributed by atoms with van der Waals surface area (Å²) in [5.74, 6) is 1.59. The quantitative estimate of drug-likeness (QED) is 0.0390. The topological polar surface area (TPSA) is 190 Å². The van der Waals surface area contributed by atoms with E-state index in [2.05, 4.69) is 95.6 Å². The molecule has 14 nitrogen and oxygen atoms in total. The normalized spacial score (nSPS) is 30.8. The molecule has 2 aromatic rings. The first kappa shape index (κ1) is 82.4. The molecular formula is C81H130O14S2. The van der Waals surface area contributed by atoms with Crippen LogP contribution < -0.4 is 0 Å². The molecule has 5 unspecified atom stereocenters. The number of esters is 1. The van der Waals surface area contributed by atoms with E-state index in [0.29, 0.717) is 72.4 Å². The largest absolute Gasteiger partial charge is 0.465 e. The number of hydrogen-bond donors (Lipinski definition) is 2. The molecule has 0 aliphatic carbocycles. The predicted octanol–water partition coefficient (Wildman–Crippen LogP) is 16.9. The number of sulfone groups is 2. The van der Waals surface area contributed by atoms with Crippen molar-refractivity contribution in [2.24, 2.45) is 58.7 Å². The SMILES string of the molecule is C=C1C[C@H](CCCO)OC1CC[C@H]1C[C@@H](C)C(=C)[C@@H](CC2O[C@H](C[C@H](C)CC)[C@H](C)[C@H]2CS(=O)(=O)c2ccccc2)O1.C=C1C[C@H](CCCOC(=O)C(C)(C)C)OC1CC[C@@H](O)C[C@@H](C)C(=C)[C@H](C)CC1O[C@H](C[C@H](C)CC)[C@H](C)[C@H]1CS(=O)(=O)c1ccccc1.CC1CCCO1. The molecule has 6 heterocycles. The van der Waals surface area contributed by atoms with E-state index >= 15 is 0 Å². The first-order chi connectivity index (χ1) is 45.8. The molecule has 6 aliphatic rings. The van der Waals surface area contributed by atoms with Gasteiger partial charge in [0.15, 0.2) is 19.7 Å². The third-order valence-electron chi connectivity index (χ3n) is 22.3. The minimum Gasteiger partial charge on any atom is -0.465 e. The van der Waals surface area contributed by atoms with Gasteiger partial charge >= 0.3 is 5.97 Å². The van der Waals surface area contributed by atoms with Gasteiger partial charge in [0.05, 0.1) is 107 Å². The van der Waals surface area contributed by atoms with Gasteiger partial charge in [-0.15, -0.1) is 0 Å². The Hall–Kier alpha value is -3.55. The van der Waals surface area contributed by atoms with Gasteiger partial charge in [0, 0.05) is 31.5 Å². The molecule has 16 heteroatoms. The Morgan fingerprint density at radius 1 is 0.639 bits per heavy atom. The van der Waals surface area contributed by atoms with Crippen LogP contribution in [0.4, 0.5) is 0 Å². The Balaban J connectivity index is 0.000000284. The molecule has 0 amide bonds. The summed E-state index contributed by atoms with van der Waals surface area (Å²) >= 11 is 0. The number of allylic oxidation sites excluding steroid dienone is 1. The lowest BCUT2D eigenvalue weighted by atomic mass is 9.80. The smallest absolute Gasteiger partial charge is 0.311 e. The molecule has 0 saturated carbocycles. The van der Waals surface area contributed by atoms with Crippen LogP contribution in [0.25, 0.3) is 0 Å². The van der Waals surface area contributed by atoms with E-state index in [1.807, 2.05) is 32.9 Å². The van der Waals surface area contributed by atoms with Gasteiger partial charge in [0.2, 0.25) is 0 Å². The van der Waals surface area contributed by atoms with Gasteiger partial charge in [-0.1, -0.05) is 143 Å². The molecular weight excluding hydrogens is 1260 g/mol. The Kier molecular flexibility index (Phi) is 33.3. The molecule has 6 fully saturated rings. The molecule has 0 aromatic heterocycles. The second-order valence-electron chi connectivity index (χ2n) is 31.4. The highest BCUT2D eigenvalue weighted by atomic mass is 32.2. The van der Waals surface area contributed by atoms with E-state index in [9.17, 15) is 26.7 Å². The van der Waals surface area contributed by atoms with Crippen LogP contribution in [0.5, 0.6) is 0 Å². The lowest BCUT2D eigenvalue weighted by molar-refractivity contribution is -0.153. The minimum absolute atomic E-state index is 0.0359. The summed E-state index contributed by atoms with van der Waals surface area (Å²) in [6, 6.07) is 17.6. The van der Waals surface area contributed by atoms with Crippen molar-refractivity contribution in [2.75, 3.05) is 31.3 Å². The standard InChI is InChI=1S/C41H66O7S.C35H54O6S.C5H10O/c1-11-27(2)22-38-32(7)36(26-49(44,45)35-17-13-12-14-18-35)39(48-38)25-29(4)31(6)28(3)23-33(42)19-20-37-30(5)24-34(47-37)16-15-21-46-40(43)41(8,9)10;1-7-23(2)18-33-27(6)31(22-42(37,38)30-13-9-8-10-14-30)35(41-33)21-34-26(5)24(3)19-29(40-34)15-16-32-25(4)20-28(39-32)12-11-17-36;1-5-3-2-4-6-5/h12-14,17-18,27-29,32-34,36-39,42H,5-6,11,15-16,19-26H2,1-4,7-10H3;8-10,13-14,23-24,27-29,31-36H,4-5,7,11-12,15-22H2,1-3,6H3;5H,2-4H2,1H3/t27-,28-,29-,32-,33-,34+,36-,37?,38-,39?;23-,24-,27-,28+,29+,31-,32?,33-,34-,35?;/m11./s1. The first-order valence-electron chi connectivity index (χ1n) is 37.5. The zero-order valence-electron chi connectivity index (χ0n) is 62.0. The molecule has 550 valence electrons. The van der Waals surface area contributed by atoms with Gasteiger partial charge in [0.25, 0.3) is 0 Å². The average molecular weight is 1390 g/mol. The van der Waals surface area contributed by atoms with Crippen LogP contribution >= 0.6 is 0 Å². The monoisotopic (exact) mass is 1390 g/mol. The summed E-state index contributed by atoms with van der Waals surface area (Å²) in [5, 5.41) is 20.2. The molecule has 2 aromatic carbocycles. The van der Waals surface area contributed by atoms with Crippen molar-refractivity contribution in [1.29, 1.82) is 0 Å². The number of benzene rings is 2. The van der Waals surface area contributed by atoms with Crippen LogP contribution in [0.3, 0.4) is 0 Å². The molecule has 21 atom stereocenters. The van der Waals surface area contributed by atoms with Crippen LogP contribution in [0.15, 0.2) is 119 Å². The number of carbonyl (C=O) groups excluding carboxylic acids is 1. The Bertz CT molecular complexity index is 2960. The van der Waals surface area contributed by atoms with Gasteiger partial charge in [-0.05, 0) is 219 Å². The fourth-order valence-corrected chi connectivity index (χ4v) is 18.7. The van der Waals surface area contributed by atoms with Crippen LogP contribution in [0.1, 0.15) is 218 Å². The van der Waals surface area contributed by atoms with Crippen molar-refractivity contribution in [3.63, 3.8) is 0 Å². The molecule has 6 aliphatic heterocycles. The second-order valence-corrected chi connectivity index (χ2v) is 35.5. The highest BCUT2D eigenvalue weighted by molar-refractivity contribution is 7.91. The van der Waals surface area contributed by atoms with Crippen molar-refractivity contribution >= 4 is 25.6 Å². The van der Waals surface area contributed by atoms with E-state index in [-0.39, 0.29) is 121 Å². The summed E-state index contributed by atoms with van der Waals surface area (Å²) in [5.41, 5.74) is 3.87. The Morgan fingerprint density at radius 3 is 1.63 bits per heavy atom. The zero-order valence-corrected chi connectivity index (χ0v) is 63.6. The summed E-state index contributed by atoms with van der Waals surface area (Å²) < 4.78 is 97.2. The fraction of sp³-hybridized carbons (Fsp3) is 0.741. The van der Waals surface area contributed by atoms with E-state index in [0.717, 1.165) is 112 Å². The Labute approximate surface area is 588 Å². The number of rotatable bonds is 33. The number of hydrogen-bond acceptors (Lipinski definition) is 14. The van der Waals surface area contributed by atoms with Gasteiger partial charge in [0.1, 0.15) is 0 Å². The first-order valence-corrected chi connectivity index (χ1v) is 40.8. The molecule has 0 bridgehead atoms. The van der Waals surface area contributed by atoms with E-state index in [1.165, 1.54) is 12.8 Å². The van der Waals surface area contributed by atoms with Gasteiger partial charge in [-0.3, -0.25) is 4.79 Å². The number of ether oxygens (including phenoxy) is 7. The zero-order chi connectivity index (χ0) is 71.4. The van der Waals surface area contributed by atoms with Gasteiger partial charge in [-0.25, -0.2) is 16.8 Å². The minimum atomic E-state index is -3.46. The summed E-state index contributed by atoms with van der Waals surface area (Å²) in [6.45, 7) is 46.3. The highest BCUT2D eigenvalue weighted by Gasteiger charge is 2.48. The van der Waals surface area contributed by atoms with Crippen LogP contribution in [-0.2, 0) is 57.6 Å². The maximum absolute atomic E-state index is 13.5. The summed E-state index contributed by atoms with van der Waals surface area (Å²) in [6.07, 6.45) is 17.2. The average Bonchev–Trinajstić information content (AvgIpc) is 1.68. The van der Waals surface area contributed by atoms with Crippen molar-refractivity contribution < 1.29 is 65.0 Å². The van der Waals surface area contributed by atoms with E-state index < -0.39 is 31.2 Å². The molecule has 2 N–H and O–H groups in total. The van der Waals surface area contributed by atoms with Crippen LogP contribution in [-0.4, -0.2) is 138 Å². The van der Waals surface area contributed by atoms with Crippen molar-refractivity contribution in [3.8, 4) is 0 Å². The second kappa shape index (κ2) is 39.2. The molecule has 0 spiro atoms. The molecule has 0 radical (unpaired) electrons. The van der Waals surface area contributed by atoms with Gasteiger partial charge in [-0.2, -0.15) is 0 Å². The molecule has 97 heavy (non-hydrogen) atoms. The number of aliphatic hydroxyl groups excluding tert-OH is 2. The summed E-state index contributed by atoms with van der Waals surface area (Å²) in [4.78, 5) is 12.7. The van der Waals surface area contributed by atoms with Crippen molar-refractivity contribution in [2.45, 2.75) is 301 Å². The fourth-order valence-electron chi connectivity index (χ4n) is 15.1. The van der Waals surface area contributed by atoms with E-state index in [4.69, 9.17) is 38.3 Å². The summed E-state index contributed by atoms with van der Waals surface area (Å²) in [7, 11) is -6.92.